The lowest BCUT2D eigenvalue weighted by molar-refractivity contribution is -0.119. The Balaban J connectivity index is 1.78. The summed E-state index contributed by atoms with van der Waals surface area (Å²) in [5.74, 6) is 0.358. The van der Waals surface area contributed by atoms with Crippen LogP contribution in [0, 0.1) is 0 Å². The van der Waals surface area contributed by atoms with Crippen LogP contribution in [0.2, 0.25) is 0 Å². The molecule has 0 radical (unpaired) electrons. The minimum Gasteiger partial charge on any atom is -0.356 e. The fourth-order valence-corrected chi connectivity index (χ4v) is 3.24. The molecule has 2 aromatic rings. The molecule has 5 nitrogen and oxygen atoms in total. The molecule has 0 saturated carbocycles. The topological polar surface area (TPSA) is 66.9 Å². The van der Waals surface area contributed by atoms with E-state index >= 15 is 0 Å². The zero-order valence-electron chi connectivity index (χ0n) is 12.9. The number of carbonyl (C=O) groups is 1. The van der Waals surface area contributed by atoms with E-state index in [0.717, 1.165) is 9.47 Å². The number of hydrogen-bond acceptors (Lipinski definition) is 6. The molecule has 0 aliphatic rings. The first-order chi connectivity index (χ1) is 10.4. The van der Waals surface area contributed by atoms with E-state index in [0.29, 0.717) is 12.3 Å². The number of benzene rings is 1. The van der Waals surface area contributed by atoms with Gasteiger partial charge in [0.25, 0.3) is 0 Å². The fourth-order valence-electron chi connectivity index (χ4n) is 1.69. The minimum atomic E-state index is -0.207. The molecular formula is C15H20N4OS2. The number of thioether (sulfide) groups is 1. The van der Waals surface area contributed by atoms with Gasteiger partial charge in [-0.15, -0.1) is 10.2 Å². The third kappa shape index (κ3) is 6.03. The van der Waals surface area contributed by atoms with Gasteiger partial charge in [0.1, 0.15) is 0 Å². The fraction of sp³-hybridized carbons (Fsp3) is 0.400. The second-order valence-corrected chi connectivity index (χ2v) is 8.00. The molecule has 0 unspecified atom stereocenters. The maximum atomic E-state index is 11.8. The molecule has 7 heteroatoms. The van der Waals surface area contributed by atoms with Crippen LogP contribution in [-0.4, -0.2) is 27.4 Å². The van der Waals surface area contributed by atoms with Crippen LogP contribution in [0.3, 0.4) is 0 Å². The number of carbonyl (C=O) groups excluding carboxylic acids is 1. The van der Waals surface area contributed by atoms with Crippen LogP contribution in [-0.2, 0) is 11.3 Å². The molecule has 0 aliphatic heterocycles. The van der Waals surface area contributed by atoms with E-state index in [-0.39, 0.29) is 11.4 Å². The van der Waals surface area contributed by atoms with Crippen molar-refractivity contribution in [2.24, 2.45) is 0 Å². The average Bonchev–Trinajstić information content (AvgIpc) is 2.90. The van der Waals surface area contributed by atoms with Crippen molar-refractivity contribution in [3.05, 3.63) is 35.9 Å². The van der Waals surface area contributed by atoms with Gasteiger partial charge < -0.3 is 10.6 Å². The van der Waals surface area contributed by atoms with Crippen molar-refractivity contribution < 1.29 is 4.79 Å². The van der Waals surface area contributed by atoms with Crippen molar-refractivity contribution in [3.8, 4) is 0 Å². The third-order valence-corrected chi connectivity index (χ3v) is 4.55. The summed E-state index contributed by atoms with van der Waals surface area (Å²) in [6.45, 7) is 6.61. The van der Waals surface area contributed by atoms with E-state index in [1.807, 2.05) is 39.0 Å². The number of hydrogen-bond donors (Lipinski definition) is 2. The molecule has 1 aromatic heterocycles. The quantitative estimate of drug-likeness (QED) is 0.793. The number of anilines is 1. The van der Waals surface area contributed by atoms with Crippen molar-refractivity contribution in [2.75, 3.05) is 11.1 Å². The first-order valence-corrected chi connectivity index (χ1v) is 8.78. The van der Waals surface area contributed by atoms with E-state index in [1.54, 1.807) is 0 Å². The second-order valence-electron chi connectivity index (χ2n) is 5.80. The second kappa shape index (κ2) is 7.60. The van der Waals surface area contributed by atoms with Crippen LogP contribution >= 0.6 is 23.1 Å². The van der Waals surface area contributed by atoms with Crippen LogP contribution in [0.25, 0.3) is 0 Å². The summed E-state index contributed by atoms with van der Waals surface area (Å²) in [6, 6.07) is 10.1. The Morgan fingerprint density at radius 1 is 1.23 bits per heavy atom. The van der Waals surface area contributed by atoms with Gasteiger partial charge in [0.15, 0.2) is 4.34 Å². The Morgan fingerprint density at radius 2 is 1.95 bits per heavy atom. The molecular weight excluding hydrogens is 316 g/mol. The molecule has 0 aliphatic carbocycles. The van der Waals surface area contributed by atoms with E-state index in [2.05, 4.69) is 33.0 Å². The largest absolute Gasteiger partial charge is 0.356 e. The number of amides is 1. The molecule has 2 N–H and O–H groups in total. The Morgan fingerprint density at radius 3 is 2.64 bits per heavy atom. The van der Waals surface area contributed by atoms with Crippen molar-refractivity contribution in [3.63, 3.8) is 0 Å². The van der Waals surface area contributed by atoms with Crippen LogP contribution < -0.4 is 10.6 Å². The highest BCUT2D eigenvalue weighted by Crippen LogP contribution is 2.25. The number of aromatic nitrogens is 2. The number of rotatable bonds is 6. The van der Waals surface area contributed by atoms with Gasteiger partial charge in [-0.25, -0.2) is 0 Å². The van der Waals surface area contributed by atoms with Gasteiger partial charge in [-0.05, 0) is 26.3 Å². The lowest BCUT2D eigenvalue weighted by Gasteiger charge is -2.19. The van der Waals surface area contributed by atoms with Crippen molar-refractivity contribution in [1.82, 2.24) is 15.5 Å². The highest BCUT2D eigenvalue weighted by molar-refractivity contribution is 8.01. The standard InChI is InChI=1S/C15H20N4OS2/c1-15(2,3)17-12(20)10-21-14-19-18-13(22-14)16-9-11-7-5-4-6-8-11/h4-8H,9-10H2,1-3H3,(H,16,18)(H,17,20). The minimum absolute atomic E-state index is 0.00601. The molecule has 0 fully saturated rings. The van der Waals surface area contributed by atoms with Gasteiger partial charge in [0.2, 0.25) is 11.0 Å². The van der Waals surface area contributed by atoms with E-state index in [9.17, 15) is 4.79 Å². The lowest BCUT2D eigenvalue weighted by atomic mass is 10.1. The summed E-state index contributed by atoms with van der Waals surface area (Å²) in [4.78, 5) is 11.8. The molecule has 1 amide bonds. The van der Waals surface area contributed by atoms with E-state index < -0.39 is 0 Å². The highest BCUT2D eigenvalue weighted by atomic mass is 32.2. The molecule has 1 aromatic carbocycles. The van der Waals surface area contributed by atoms with Gasteiger partial charge in [-0.3, -0.25) is 4.79 Å². The summed E-state index contributed by atoms with van der Waals surface area (Å²) in [6.07, 6.45) is 0. The average molecular weight is 336 g/mol. The van der Waals surface area contributed by atoms with Gasteiger partial charge in [-0.1, -0.05) is 53.4 Å². The van der Waals surface area contributed by atoms with Gasteiger partial charge in [0, 0.05) is 12.1 Å². The summed E-state index contributed by atoms with van der Waals surface area (Å²) < 4.78 is 0.791. The van der Waals surface area contributed by atoms with Crippen LogP contribution in [0.15, 0.2) is 34.7 Å². The molecule has 0 saturated heterocycles. The first-order valence-electron chi connectivity index (χ1n) is 6.97. The summed E-state index contributed by atoms with van der Waals surface area (Å²) in [7, 11) is 0. The van der Waals surface area contributed by atoms with Crippen LogP contribution in [0.5, 0.6) is 0 Å². The normalized spacial score (nSPS) is 11.2. The van der Waals surface area contributed by atoms with Gasteiger partial charge >= 0.3 is 0 Å². The Bertz CT molecular complexity index is 608. The Kier molecular flexibility index (Phi) is 5.79. The maximum Gasteiger partial charge on any atom is 0.230 e. The smallest absolute Gasteiger partial charge is 0.230 e. The molecule has 0 spiro atoms. The highest BCUT2D eigenvalue weighted by Gasteiger charge is 2.14. The molecule has 1 heterocycles. The third-order valence-electron chi connectivity index (χ3n) is 2.53. The molecule has 22 heavy (non-hydrogen) atoms. The lowest BCUT2D eigenvalue weighted by Crippen LogP contribution is -2.41. The van der Waals surface area contributed by atoms with E-state index in [1.165, 1.54) is 28.7 Å². The number of nitrogens with zero attached hydrogens (tertiary/aromatic N) is 2. The number of nitrogens with one attached hydrogen (secondary N) is 2. The summed E-state index contributed by atoms with van der Waals surface area (Å²) in [5, 5.41) is 15.1. The molecule has 0 atom stereocenters. The van der Waals surface area contributed by atoms with Crippen molar-refractivity contribution in [2.45, 2.75) is 37.2 Å². The maximum absolute atomic E-state index is 11.8. The van der Waals surface area contributed by atoms with Crippen LogP contribution in [0.1, 0.15) is 26.3 Å². The SMILES string of the molecule is CC(C)(C)NC(=O)CSc1nnc(NCc2ccccc2)s1. The van der Waals surface area contributed by atoms with Gasteiger partial charge in [-0.2, -0.15) is 0 Å². The predicted molar refractivity (Wildman–Crippen MR) is 92.3 cm³/mol. The molecule has 0 bridgehead atoms. The van der Waals surface area contributed by atoms with E-state index in [4.69, 9.17) is 0 Å². The zero-order valence-corrected chi connectivity index (χ0v) is 14.6. The van der Waals surface area contributed by atoms with Gasteiger partial charge in [0.05, 0.1) is 5.75 Å². The molecule has 118 valence electrons. The molecule has 2 rings (SSSR count). The first kappa shape index (κ1) is 16.8. The van der Waals surface area contributed by atoms with Crippen molar-refractivity contribution in [1.29, 1.82) is 0 Å². The summed E-state index contributed by atoms with van der Waals surface area (Å²) in [5.41, 5.74) is 0.984. The summed E-state index contributed by atoms with van der Waals surface area (Å²) >= 11 is 2.87. The van der Waals surface area contributed by atoms with Crippen molar-refractivity contribution >= 4 is 34.1 Å². The monoisotopic (exact) mass is 336 g/mol. The zero-order chi connectivity index (χ0) is 16.0. The predicted octanol–water partition coefficient (Wildman–Crippen LogP) is 3.16. The Hall–Kier alpha value is -1.60. The Labute approximate surface area is 138 Å². The van der Waals surface area contributed by atoms with Crippen LogP contribution in [0.4, 0.5) is 5.13 Å².